The second-order valence-electron chi connectivity index (χ2n) is 10.8. The van der Waals surface area contributed by atoms with Gasteiger partial charge in [0.25, 0.3) is 0 Å². The number of hydrogen-bond donors (Lipinski definition) is 0. The summed E-state index contributed by atoms with van der Waals surface area (Å²) in [6, 6.07) is 43.5. The third-order valence-corrected chi connectivity index (χ3v) is 7.04. The molecule has 0 N–H and O–H groups in total. The predicted molar refractivity (Wildman–Crippen MR) is 188 cm³/mol. The van der Waals surface area contributed by atoms with Gasteiger partial charge >= 0.3 is 0 Å². The van der Waals surface area contributed by atoms with Crippen LogP contribution in [0.3, 0.4) is 0 Å². The average Bonchev–Trinajstić information content (AvgIpc) is 3.69. The van der Waals surface area contributed by atoms with Gasteiger partial charge in [-0.25, -0.2) is 0 Å². The van der Waals surface area contributed by atoms with E-state index in [1.165, 1.54) is 21.5 Å². The Hall–Kier alpha value is -4.24. The van der Waals surface area contributed by atoms with E-state index in [4.69, 9.17) is 0 Å². The van der Waals surface area contributed by atoms with Crippen LogP contribution in [0, 0.1) is 12.1 Å². The van der Waals surface area contributed by atoms with Gasteiger partial charge in [0.05, 0.1) is 23.5 Å². The predicted octanol–water partition coefficient (Wildman–Crippen LogP) is 10.9. The zero-order valence-electron chi connectivity index (χ0n) is 27.2. The number of benzene rings is 4. The van der Waals surface area contributed by atoms with Crippen molar-refractivity contribution in [3.05, 3.63) is 157 Å². The van der Waals surface area contributed by atoms with E-state index in [1.807, 2.05) is 137 Å². The first-order valence-corrected chi connectivity index (χ1v) is 15.3. The molecule has 2 aliphatic heterocycles. The number of azo groups is 2. The normalized spacial score (nSPS) is 15.2. The van der Waals surface area contributed by atoms with Gasteiger partial charge in [-0.2, -0.15) is 20.5 Å². The molecule has 0 radical (unpaired) electrons. The fourth-order valence-electron chi connectivity index (χ4n) is 4.95. The maximum atomic E-state index is 4.45. The summed E-state index contributed by atoms with van der Waals surface area (Å²) in [6.45, 7) is 7.93. The topological polar surface area (TPSA) is 75.2 Å². The van der Waals surface area contributed by atoms with Gasteiger partial charge in [-0.15, -0.1) is 71.8 Å². The van der Waals surface area contributed by atoms with E-state index in [9.17, 15) is 0 Å². The molecule has 0 amide bonds. The monoisotopic (exact) mass is 990 g/mol. The Labute approximate surface area is 311 Å². The molecule has 6 nitrogen and oxygen atoms in total. The third-order valence-electron chi connectivity index (χ3n) is 7.04. The number of hydrogen-bond acceptors (Lipinski definition) is 6. The van der Waals surface area contributed by atoms with E-state index >= 15 is 0 Å². The van der Waals surface area contributed by atoms with Crippen molar-refractivity contribution in [2.24, 2.45) is 20.5 Å². The van der Waals surface area contributed by atoms with Gasteiger partial charge in [-0.05, 0) is 84.9 Å². The number of rotatable bonds is 2. The molecule has 2 aliphatic rings. The second-order valence-corrected chi connectivity index (χ2v) is 10.8. The van der Waals surface area contributed by atoms with Gasteiger partial charge in [0.1, 0.15) is 0 Å². The van der Waals surface area contributed by atoms with Gasteiger partial charge in [0.2, 0.25) is 0 Å². The second kappa shape index (κ2) is 19.5. The molecule has 6 aromatic rings. The molecule has 2 atom stereocenters. The number of nitrogens with zero attached hydrogens (tertiary/aromatic N) is 6. The van der Waals surface area contributed by atoms with E-state index in [2.05, 4.69) is 66.8 Å². The first-order chi connectivity index (χ1) is 22.5. The summed E-state index contributed by atoms with van der Waals surface area (Å²) in [5.41, 5.74) is 6.15. The number of allylic oxidation sites excluding steroid dienone is 2. The standard InChI is InChI=1S/2C15H10N.2C5H8N2.2Pt/c2*1-2-7-13(8-3-1)15-14-9-5-4-6-12(14)10-11-16-15;2*1-4-3-5(2)7-6-4;;/h2*1-7,9-11H;2*3-4H,1-2H3;;/q2*-1;;;;. The Morgan fingerprint density at radius 2 is 0.896 bits per heavy atom. The first kappa shape index (κ1) is 38.2. The van der Waals surface area contributed by atoms with Crippen LogP contribution in [0.4, 0.5) is 0 Å². The van der Waals surface area contributed by atoms with Crippen LogP contribution in [0.1, 0.15) is 27.7 Å². The summed E-state index contributed by atoms with van der Waals surface area (Å²) in [5, 5.41) is 20.1. The smallest absolute Gasteiger partial charge is 0.0885 e. The zero-order chi connectivity index (χ0) is 32.1. The summed E-state index contributed by atoms with van der Waals surface area (Å²) >= 11 is 0. The number of fused-ring (bicyclic) bond motifs is 2. The molecule has 248 valence electrons. The molecule has 8 rings (SSSR count). The Morgan fingerprint density at radius 1 is 0.500 bits per heavy atom. The van der Waals surface area contributed by atoms with Gasteiger partial charge in [-0.3, -0.25) is 0 Å². The van der Waals surface area contributed by atoms with E-state index in [0.717, 1.165) is 33.9 Å². The van der Waals surface area contributed by atoms with Crippen LogP contribution in [0.5, 0.6) is 0 Å². The Morgan fingerprint density at radius 3 is 1.21 bits per heavy atom. The van der Waals surface area contributed by atoms with Crippen molar-refractivity contribution in [3.8, 4) is 22.5 Å². The molecule has 8 heteroatoms. The SMILES string of the molecule is CC1=CC(C)N=N1.CC1=CC(C)N=N1.[Pt].[Pt].[c-]1ccccc1-c1nccc2ccccc12.[c-]1ccccc1-c1nccc2ccccc12. The molecular weight excluding hydrogens is 955 g/mol. The Balaban J connectivity index is 0.000000183. The molecule has 0 aliphatic carbocycles. The summed E-state index contributed by atoms with van der Waals surface area (Å²) in [6.07, 6.45) is 7.75. The third kappa shape index (κ3) is 10.9. The van der Waals surface area contributed by atoms with E-state index in [1.54, 1.807) is 0 Å². The van der Waals surface area contributed by atoms with Gasteiger partial charge < -0.3 is 9.97 Å². The van der Waals surface area contributed by atoms with Crippen molar-refractivity contribution in [2.45, 2.75) is 39.8 Å². The van der Waals surface area contributed by atoms with Crippen LogP contribution >= 0.6 is 0 Å². The van der Waals surface area contributed by atoms with Crippen LogP contribution in [-0.4, -0.2) is 22.1 Å². The number of pyridine rings is 2. The van der Waals surface area contributed by atoms with E-state index in [-0.39, 0.29) is 42.1 Å². The molecule has 2 unspecified atom stereocenters. The summed E-state index contributed by atoms with van der Waals surface area (Å²) < 4.78 is 0. The molecule has 0 bridgehead atoms. The van der Waals surface area contributed by atoms with Crippen molar-refractivity contribution in [1.82, 2.24) is 9.97 Å². The zero-order valence-corrected chi connectivity index (χ0v) is 31.7. The molecule has 4 aromatic carbocycles. The number of aromatic nitrogens is 2. The molecule has 4 heterocycles. The minimum atomic E-state index is 0. The average molecular weight is 991 g/mol. The quantitative estimate of drug-likeness (QED) is 0.162. The van der Waals surface area contributed by atoms with E-state index in [0.29, 0.717) is 12.1 Å². The fourth-order valence-corrected chi connectivity index (χ4v) is 4.95. The van der Waals surface area contributed by atoms with Crippen LogP contribution in [0.2, 0.25) is 0 Å². The first-order valence-electron chi connectivity index (χ1n) is 15.3. The molecular formula is C40H36N6Pt2-2. The van der Waals surface area contributed by atoms with Crippen LogP contribution in [0.25, 0.3) is 44.1 Å². The summed E-state index contributed by atoms with van der Waals surface area (Å²) in [7, 11) is 0. The Kier molecular flexibility index (Phi) is 15.6. The Bertz CT molecular complexity index is 1850. The van der Waals surface area contributed by atoms with Crippen LogP contribution in [-0.2, 0) is 42.1 Å². The molecule has 0 saturated heterocycles. The van der Waals surface area contributed by atoms with Crippen molar-refractivity contribution in [1.29, 1.82) is 0 Å². The largest absolute Gasteiger partial charge is 0.304 e. The van der Waals surface area contributed by atoms with Gasteiger partial charge in [-0.1, -0.05) is 48.5 Å². The molecule has 2 aromatic heterocycles. The minimum absolute atomic E-state index is 0. The maximum Gasteiger partial charge on any atom is 0.0885 e. The van der Waals surface area contributed by atoms with Gasteiger partial charge in [0, 0.05) is 54.5 Å². The minimum Gasteiger partial charge on any atom is -0.304 e. The van der Waals surface area contributed by atoms with Crippen molar-refractivity contribution >= 4 is 21.5 Å². The van der Waals surface area contributed by atoms with Crippen molar-refractivity contribution in [2.75, 3.05) is 0 Å². The molecule has 0 saturated carbocycles. The van der Waals surface area contributed by atoms with Crippen LogP contribution in [0.15, 0.2) is 166 Å². The maximum absolute atomic E-state index is 4.45. The van der Waals surface area contributed by atoms with Crippen molar-refractivity contribution < 1.29 is 42.1 Å². The molecule has 48 heavy (non-hydrogen) atoms. The molecule has 0 fully saturated rings. The van der Waals surface area contributed by atoms with Crippen molar-refractivity contribution in [3.63, 3.8) is 0 Å². The van der Waals surface area contributed by atoms with Gasteiger partial charge in [0.15, 0.2) is 0 Å². The van der Waals surface area contributed by atoms with E-state index < -0.39 is 0 Å². The summed E-state index contributed by atoms with van der Waals surface area (Å²) in [5.74, 6) is 0. The fraction of sp³-hybridized carbons (Fsp3) is 0.150. The van der Waals surface area contributed by atoms with Crippen LogP contribution < -0.4 is 0 Å². The molecule has 0 spiro atoms. The summed E-state index contributed by atoms with van der Waals surface area (Å²) in [4.78, 5) is 8.89.